The first kappa shape index (κ1) is 18.6. The summed E-state index contributed by atoms with van der Waals surface area (Å²) >= 11 is 0. The molecule has 0 atom stereocenters. The van der Waals surface area contributed by atoms with E-state index in [9.17, 15) is 4.79 Å². The Morgan fingerprint density at radius 2 is 1.74 bits per heavy atom. The normalized spacial score (nSPS) is 11.1. The Balaban J connectivity index is 1.73. The van der Waals surface area contributed by atoms with Crippen molar-refractivity contribution in [3.8, 4) is 0 Å². The number of nitrogens with zero attached hydrogens (tertiary/aromatic N) is 2. The number of hydrogen-bond donors (Lipinski definition) is 2. The van der Waals surface area contributed by atoms with E-state index in [4.69, 9.17) is 0 Å². The smallest absolute Gasteiger partial charge is 0.257 e. The molecule has 0 fully saturated rings. The monoisotopic (exact) mass is 360 g/mol. The van der Waals surface area contributed by atoms with Gasteiger partial charge in [-0.05, 0) is 40.8 Å². The van der Waals surface area contributed by atoms with Gasteiger partial charge in [0.2, 0.25) is 0 Å². The number of para-hydroxylation sites is 1. The van der Waals surface area contributed by atoms with Crippen LogP contribution in [0.4, 0.5) is 11.4 Å². The number of amides is 1. The Morgan fingerprint density at radius 1 is 1.00 bits per heavy atom. The molecule has 27 heavy (non-hydrogen) atoms. The summed E-state index contributed by atoms with van der Waals surface area (Å²) in [5.74, 6) is -0.174. The Kier molecular flexibility index (Phi) is 5.50. The van der Waals surface area contributed by atoms with Crippen molar-refractivity contribution in [3.63, 3.8) is 0 Å². The molecule has 0 aliphatic carbocycles. The lowest BCUT2D eigenvalue weighted by Gasteiger charge is -2.23. The summed E-state index contributed by atoms with van der Waals surface area (Å²) in [7, 11) is 0. The van der Waals surface area contributed by atoms with Gasteiger partial charge in [0, 0.05) is 37.0 Å². The number of rotatable bonds is 5. The molecule has 3 rings (SSSR count). The lowest BCUT2D eigenvalue weighted by Crippen LogP contribution is -2.19. The predicted molar refractivity (Wildman–Crippen MR) is 109 cm³/mol. The van der Waals surface area contributed by atoms with Crippen LogP contribution in [-0.4, -0.2) is 15.9 Å². The van der Waals surface area contributed by atoms with Crippen molar-refractivity contribution in [1.82, 2.24) is 9.97 Å². The highest BCUT2D eigenvalue weighted by molar-refractivity contribution is 6.05. The van der Waals surface area contributed by atoms with Gasteiger partial charge in [0.15, 0.2) is 0 Å². The van der Waals surface area contributed by atoms with Gasteiger partial charge in [0.05, 0.1) is 11.3 Å². The van der Waals surface area contributed by atoms with Crippen LogP contribution in [0.1, 0.15) is 42.3 Å². The number of pyridine rings is 2. The molecular formula is C22H24N4O. The van der Waals surface area contributed by atoms with Crippen LogP contribution in [0.15, 0.2) is 67.3 Å². The number of carbonyl (C=O) groups is 1. The minimum atomic E-state index is -0.174. The molecule has 1 aromatic carbocycles. The van der Waals surface area contributed by atoms with Crippen LogP contribution in [0.25, 0.3) is 0 Å². The zero-order chi connectivity index (χ0) is 19.3. The van der Waals surface area contributed by atoms with Crippen molar-refractivity contribution >= 4 is 17.3 Å². The molecule has 138 valence electrons. The molecule has 0 radical (unpaired) electrons. The van der Waals surface area contributed by atoms with Gasteiger partial charge in [-0.2, -0.15) is 0 Å². The predicted octanol–water partition coefficient (Wildman–Crippen LogP) is 4.64. The Labute approximate surface area is 159 Å². The summed E-state index contributed by atoms with van der Waals surface area (Å²) in [5, 5.41) is 6.30. The molecule has 2 heterocycles. The maximum atomic E-state index is 12.7. The molecule has 3 aromatic rings. The summed E-state index contributed by atoms with van der Waals surface area (Å²) in [6.45, 7) is 7.03. The second kappa shape index (κ2) is 7.99. The zero-order valence-electron chi connectivity index (χ0n) is 15.9. The van der Waals surface area contributed by atoms with Gasteiger partial charge in [-0.3, -0.25) is 14.8 Å². The highest BCUT2D eigenvalue weighted by Crippen LogP contribution is 2.29. The number of benzene rings is 1. The third kappa shape index (κ3) is 4.91. The van der Waals surface area contributed by atoms with E-state index in [1.54, 1.807) is 24.8 Å². The topological polar surface area (TPSA) is 66.9 Å². The first-order valence-corrected chi connectivity index (χ1v) is 8.92. The summed E-state index contributed by atoms with van der Waals surface area (Å²) in [6, 6.07) is 13.6. The average Bonchev–Trinajstić information content (AvgIpc) is 2.67. The molecule has 2 N–H and O–H groups in total. The van der Waals surface area contributed by atoms with Gasteiger partial charge >= 0.3 is 0 Å². The third-order valence-electron chi connectivity index (χ3n) is 4.23. The second-order valence-electron chi connectivity index (χ2n) is 7.42. The Bertz CT molecular complexity index is 917. The number of hydrogen-bond acceptors (Lipinski definition) is 4. The molecule has 2 aromatic heterocycles. The lowest BCUT2D eigenvalue weighted by atomic mass is 9.86. The van der Waals surface area contributed by atoms with E-state index >= 15 is 0 Å². The van der Waals surface area contributed by atoms with Crippen LogP contribution >= 0.6 is 0 Å². The number of anilines is 2. The maximum Gasteiger partial charge on any atom is 0.257 e. The van der Waals surface area contributed by atoms with E-state index in [2.05, 4.69) is 41.4 Å². The summed E-state index contributed by atoms with van der Waals surface area (Å²) in [5.41, 5.74) is 4.28. The molecule has 0 aliphatic heterocycles. The van der Waals surface area contributed by atoms with Crippen molar-refractivity contribution in [2.45, 2.75) is 32.7 Å². The molecule has 0 unspecified atom stereocenters. The fraction of sp³-hybridized carbons (Fsp3) is 0.227. The SMILES string of the molecule is CC(C)(C)c1ccccc1NC(=O)c1cncc(NCc2ccncc2)c1. The van der Waals surface area contributed by atoms with Crippen LogP contribution in [0, 0.1) is 0 Å². The van der Waals surface area contributed by atoms with E-state index in [0.717, 1.165) is 22.5 Å². The molecule has 1 amide bonds. The van der Waals surface area contributed by atoms with Gasteiger partial charge in [0.25, 0.3) is 5.91 Å². The van der Waals surface area contributed by atoms with Crippen molar-refractivity contribution in [1.29, 1.82) is 0 Å². The fourth-order valence-electron chi connectivity index (χ4n) is 2.81. The number of aromatic nitrogens is 2. The van der Waals surface area contributed by atoms with Crippen LogP contribution in [0.3, 0.4) is 0 Å². The minimum absolute atomic E-state index is 0.0595. The van der Waals surface area contributed by atoms with Crippen LogP contribution < -0.4 is 10.6 Å². The van der Waals surface area contributed by atoms with Crippen LogP contribution in [0.5, 0.6) is 0 Å². The van der Waals surface area contributed by atoms with Gasteiger partial charge in [0.1, 0.15) is 0 Å². The summed E-state index contributed by atoms with van der Waals surface area (Å²) in [4.78, 5) is 20.9. The molecule has 0 spiro atoms. The fourth-order valence-corrected chi connectivity index (χ4v) is 2.81. The molecule has 5 nitrogen and oxygen atoms in total. The third-order valence-corrected chi connectivity index (χ3v) is 4.23. The lowest BCUT2D eigenvalue weighted by molar-refractivity contribution is 0.102. The first-order valence-electron chi connectivity index (χ1n) is 8.92. The molecule has 5 heteroatoms. The van der Waals surface area contributed by atoms with Crippen LogP contribution in [0.2, 0.25) is 0 Å². The van der Waals surface area contributed by atoms with E-state index in [1.807, 2.05) is 42.5 Å². The number of carbonyl (C=O) groups excluding carboxylic acids is 1. The minimum Gasteiger partial charge on any atom is -0.380 e. The first-order chi connectivity index (χ1) is 12.9. The average molecular weight is 360 g/mol. The maximum absolute atomic E-state index is 12.7. The van der Waals surface area contributed by atoms with Gasteiger partial charge in [-0.15, -0.1) is 0 Å². The van der Waals surface area contributed by atoms with Gasteiger partial charge in [-0.25, -0.2) is 0 Å². The van der Waals surface area contributed by atoms with Crippen molar-refractivity contribution in [3.05, 3.63) is 83.9 Å². The van der Waals surface area contributed by atoms with Gasteiger partial charge < -0.3 is 10.6 Å². The van der Waals surface area contributed by atoms with Crippen molar-refractivity contribution < 1.29 is 4.79 Å². The second-order valence-corrected chi connectivity index (χ2v) is 7.42. The quantitative estimate of drug-likeness (QED) is 0.696. The standard InChI is InChI=1S/C22H24N4O/c1-22(2,3)19-6-4-5-7-20(19)26-21(27)17-12-18(15-24-14-17)25-13-16-8-10-23-11-9-16/h4-12,14-15,25H,13H2,1-3H3,(H,26,27). The molecule has 0 saturated carbocycles. The van der Waals surface area contributed by atoms with Crippen LogP contribution in [-0.2, 0) is 12.0 Å². The molecule has 0 aliphatic rings. The highest BCUT2D eigenvalue weighted by Gasteiger charge is 2.19. The van der Waals surface area contributed by atoms with Gasteiger partial charge in [-0.1, -0.05) is 39.0 Å². The highest BCUT2D eigenvalue weighted by atomic mass is 16.1. The largest absolute Gasteiger partial charge is 0.380 e. The molecular weight excluding hydrogens is 336 g/mol. The van der Waals surface area contributed by atoms with Crippen molar-refractivity contribution in [2.24, 2.45) is 0 Å². The molecule has 0 saturated heterocycles. The summed E-state index contributed by atoms with van der Waals surface area (Å²) < 4.78 is 0. The Morgan fingerprint density at radius 3 is 2.48 bits per heavy atom. The molecule has 0 bridgehead atoms. The van der Waals surface area contributed by atoms with E-state index in [-0.39, 0.29) is 11.3 Å². The summed E-state index contributed by atoms with van der Waals surface area (Å²) in [6.07, 6.45) is 6.80. The van der Waals surface area contributed by atoms with E-state index < -0.39 is 0 Å². The van der Waals surface area contributed by atoms with E-state index in [0.29, 0.717) is 12.1 Å². The van der Waals surface area contributed by atoms with Crippen molar-refractivity contribution in [2.75, 3.05) is 10.6 Å². The Hall–Kier alpha value is -3.21. The number of nitrogens with one attached hydrogen (secondary N) is 2. The van der Waals surface area contributed by atoms with E-state index in [1.165, 1.54) is 0 Å². The zero-order valence-corrected chi connectivity index (χ0v) is 15.9.